The second kappa shape index (κ2) is 12.7. The highest BCUT2D eigenvalue weighted by atomic mass is 16.6. The Morgan fingerprint density at radius 1 is 0.927 bits per heavy atom. The molecule has 0 bridgehead atoms. The minimum atomic E-state index is -1.32. The Morgan fingerprint density at radius 2 is 1.59 bits per heavy atom. The zero-order valence-corrected chi connectivity index (χ0v) is 25.4. The van der Waals surface area contributed by atoms with Crippen LogP contribution in [0.2, 0.25) is 0 Å². The molecule has 3 N–H and O–H groups in total. The van der Waals surface area contributed by atoms with Gasteiger partial charge >= 0.3 is 6.09 Å². The fourth-order valence-corrected chi connectivity index (χ4v) is 4.69. The van der Waals surface area contributed by atoms with Gasteiger partial charge in [-0.05, 0) is 94.5 Å². The van der Waals surface area contributed by atoms with E-state index < -0.39 is 47.7 Å². The van der Waals surface area contributed by atoms with E-state index in [-0.39, 0.29) is 0 Å². The fourth-order valence-electron chi connectivity index (χ4n) is 4.69. The molecule has 2 unspecified atom stereocenters. The van der Waals surface area contributed by atoms with Crippen LogP contribution in [0.4, 0.5) is 10.5 Å². The first kappa shape index (κ1) is 31.6. The van der Waals surface area contributed by atoms with E-state index in [1.54, 1.807) is 20.8 Å². The maximum absolute atomic E-state index is 14.3. The molecule has 0 fully saturated rings. The van der Waals surface area contributed by atoms with Gasteiger partial charge in [0.1, 0.15) is 17.7 Å². The van der Waals surface area contributed by atoms with Crippen LogP contribution in [0.15, 0.2) is 60.7 Å². The zero-order chi connectivity index (χ0) is 30.5. The van der Waals surface area contributed by atoms with Gasteiger partial charge < -0.3 is 25.4 Å². The van der Waals surface area contributed by atoms with Gasteiger partial charge in [0.2, 0.25) is 5.91 Å². The topological polar surface area (TPSA) is 108 Å². The molecular formula is C33H43N3O5. The van der Waals surface area contributed by atoms with Crippen LogP contribution in [0.3, 0.4) is 0 Å². The van der Waals surface area contributed by atoms with Crippen LogP contribution in [0.5, 0.6) is 0 Å². The number of aliphatic hydroxyl groups excluding tert-OH is 1. The number of rotatable bonds is 9. The van der Waals surface area contributed by atoms with E-state index in [0.717, 1.165) is 21.9 Å². The number of fused-ring (bicyclic) bond motifs is 1. The Labute approximate surface area is 243 Å². The van der Waals surface area contributed by atoms with Crippen molar-refractivity contribution in [3.63, 3.8) is 0 Å². The second-order valence-electron chi connectivity index (χ2n) is 12.0. The number of nitrogens with one attached hydrogen (secondary N) is 2. The summed E-state index contributed by atoms with van der Waals surface area (Å²) in [5.41, 5.74) is 1.47. The summed E-state index contributed by atoms with van der Waals surface area (Å²) in [4.78, 5) is 42.6. The van der Waals surface area contributed by atoms with Crippen LogP contribution >= 0.6 is 0 Å². The summed E-state index contributed by atoms with van der Waals surface area (Å²) >= 11 is 0. The van der Waals surface area contributed by atoms with E-state index in [2.05, 4.69) is 10.6 Å². The van der Waals surface area contributed by atoms with Crippen LogP contribution in [-0.4, -0.2) is 51.7 Å². The zero-order valence-electron chi connectivity index (χ0n) is 25.4. The molecular weight excluding hydrogens is 518 g/mol. The van der Waals surface area contributed by atoms with Crippen molar-refractivity contribution in [3.8, 4) is 0 Å². The summed E-state index contributed by atoms with van der Waals surface area (Å²) in [5, 5.41) is 17.8. The predicted molar refractivity (Wildman–Crippen MR) is 163 cm³/mol. The van der Waals surface area contributed by atoms with Crippen LogP contribution in [0, 0.1) is 13.8 Å². The lowest BCUT2D eigenvalue weighted by atomic mass is 9.89. The number of aryl methyl sites for hydroxylation is 1. The molecule has 0 saturated heterocycles. The van der Waals surface area contributed by atoms with Gasteiger partial charge in [0, 0.05) is 11.2 Å². The molecule has 0 aliphatic rings. The number of nitrogens with zero attached hydrogens (tertiary/aromatic N) is 1. The first-order valence-electron chi connectivity index (χ1n) is 14.0. The summed E-state index contributed by atoms with van der Waals surface area (Å²) < 4.78 is 5.34. The van der Waals surface area contributed by atoms with Crippen LogP contribution in [-0.2, 0) is 14.3 Å². The number of carbonyl (C=O) groups excluding carboxylic acids is 3. The van der Waals surface area contributed by atoms with Gasteiger partial charge in [-0.25, -0.2) is 4.79 Å². The molecule has 8 heteroatoms. The lowest BCUT2D eigenvalue weighted by molar-refractivity contribution is -0.148. The summed E-state index contributed by atoms with van der Waals surface area (Å²) in [7, 11) is 0. The number of alkyl carbamates (subject to hydrolysis) is 1. The third kappa shape index (κ3) is 7.64. The molecule has 0 radical (unpaired) electrons. The molecule has 3 amide bonds. The summed E-state index contributed by atoms with van der Waals surface area (Å²) in [6, 6.07) is 16.8. The summed E-state index contributed by atoms with van der Waals surface area (Å²) in [5.74, 6) is -0.998. The number of anilines is 1. The third-order valence-corrected chi connectivity index (χ3v) is 7.39. The maximum Gasteiger partial charge on any atom is 0.408 e. The molecule has 0 aromatic heterocycles. The Hall–Kier alpha value is -3.91. The Kier molecular flexibility index (Phi) is 9.81. The van der Waals surface area contributed by atoms with Crippen molar-refractivity contribution in [2.75, 3.05) is 11.9 Å². The first-order valence-corrected chi connectivity index (χ1v) is 14.0. The number of aliphatic hydroxyl groups is 1. The Morgan fingerprint density at radius 3 is 2.20 bits per heavy atom. The second-order valence-corrected chi connectivity index (χ2v) is 12.0. The van der Waals surface area contributed by atoms with Crippen molar-refractivity contribution in [2.45, 2.75) is 85.0 Å². The van der Waals surface area contributed by atoms with Crippen molar-refractivity contribution in [2.24, 2.45) is 0 Å². The lowest BCUT2D eigenvalue weighted by Crippen LogP contribution is -2.59. The molecule has 8 nitrogen and oxygen atoms in total. The van der Waals surface area contributed by atoms with Crippen molar-refractivity contribution < 1.29 is 24.2 Å². The number of benzene rings is 3. The molecule has 3 aromatic rings. The fraction of sp³-hybridized carbons (Fsp3) is 0.424. The van der Waals surface area contributed by atoms with Gasteiger partial charge in [0.15, 0.2) is 0 Å². The van der Waals surface area contributed by atoms with Gasteiger partial charge in [-0.3, -0.25) is 9.59 Å². The monoisotopic (exact) mass is 561 g/mol. The molecule has 0 aliphatic heterocycles. The molecule has 2 atom stereocenters. The SMILES string of the molecule is CCC(C)(C)N(C(=O)C(CO)NC(=O)OC(C)(C)C)C(C(=O)Nc1ccc2ccccc2c1)c1cccc(C)c1C. The number of hydrogen-bond donors (Lipinski definition) is 3. The Bertz CT molecular complexity index is 1410. The lowest BCUT2D eigenvalue weighted by Gasteiger charge is -2.44. The average molecular weight is 562 g/mol. The van der Waals surface area contributed by atoms with E-state index in [0.29, 0.717) is 17.7 Å². The Balaban J connectivity index is 2.11. The van der Waals surface area contributed by atoms with Crippen molar-refractivity contribution in [3.05, 3.63) is 77.4 Å². The smallest absolute Gasteiger partial charge is 0.408 e. The van der Waals surface area contributed by atoms with Crippen molar-refractivity contribution >= 4 is 34.4 Å². The standard InChI is InChI=1S/C33H43N3O5/c1-9-33(7,8)36(30(39)27(20-37)35-31(40)41-32(4,5)6)28(26-16-12-13-21(2)22(26)3)29(38)34-25-18-17-23-14-10-11-15-24(23)19-25/h10-19,27-28,37H,9,20H2,1-8H3,(H,34,38)(H,35,40). The molecule has 3 rings (SSSR count). The average Bonchev–Trinajstić information content (AvgIpc) is 2.90. The van der Waals surface area contributed by atoms with Gasteiger partial charge in [0.25, 0.3) is 5.91 Å². The summed E-state index contributed by atoms with van der Waals surface area (Å²) in [6.45, 7) is 14.0. The molecule has 0 saturated carbocycles. The minimum Gasteiger partial charge on any atom is -0.444 e. The van der Waals surface area contributed by atoms with Crippen molar-refractivity contribution in [1.82, 2.24) is 10.2 Å². The quantitative estimate of drug-likeness (QED) is 0.295. The summed E-state index contributed by atoms with van der Waals surface area (Å²) in [6.07, 6.45) is -0.323. The molecule has 220 valence electrons. The van der Waals surface area contributed by atoms with Gasteiger partial charge in [-0.1, -0.05) is 55.5 Å². The number of amides is 3. The van der Waals surface area contributed by atoms with E-state index in [9.17, 15) is 19.5 Å². The number of ether oxygens (including phenoxy) is 1. The van der Waals surface area contributed by atoms with E-state index in [4.69, 9.17) is 4.74 Å². The largest absolute Gasteiger partial charge is 0.444 e. The highest BCUT2D eigenvalue weighted by molar-refractivity contribution is 6.01. The molecule has 0 aliphatic carbocycles. The first-order chi connectivity index (χ1) is 19.2. The molecule has 0 heterocycles. The molecule has 3 aromatic carbocycles. The van der Waals surface area contributed by atoms with E-state index >= 15 is 0 Å². The van der Waals surface area contributed by atoms with Crippen LogP contribution in [0.25, 0.3) is 10.8 Å². The maximum atomic E-state index is 14.3. The highest BCUT2D eigenvalue weighted by Gasteiger charge is 2.43. The van der Waals surface area contributed by atoms with E-state index in [1.165, 1.54) is 4.90 Å². The third-order valence-electron chi connectivity index (χ3n) is 7.39. The highest BCUT2D eigenvalue weighted by Crippen LogP contribution is 2.35. The van der Waals surface area contributed by atoms with Crippen molar-refractivity contribution in [1.29, 1.82) is 0 Å². The van der Waals surface area contributed by atoms with Crippen LogP contribution < -0.4 is 10.6 Å². The van der Waals surface area contributed by atoms with Gasteiger partial charge in [-0.2, -0.15) is 0 Å². The molecule has 0 spiro atoms. The van der Waals surface area contributed by atoms with Crippen LogP contribution in [0.1, 0.15) is 70.7 Å². The number of carbonyl (C=O) groups is 3. The van der Waals surface area contributed by atoms with Gasteiger partial charge in [0.05, 0.1) is 6.61 Å². The molecule has 41 heavy (non-hydrogen) atoms. The van der Waals surface area contributed by atoms with E-state index in [1.807, 2.05) is 95.3 Å². The predicted octanol–water partition coefficient (Wildman–Crippen LogP) is 6.04. The normalized spacial score (nSPS) is 13.3. The number of hydrogen-bond acceptors (Lipinski definition) is 5. The van der Waals surface area contributed by atoms with Gasteiger partial charge in [-0.15, -0.1) is 0 Å². The minimum absolute atomic E-state index is 0.405.